The number of esters is 1. The van der Waals surface area contributed by atoms with Crippen LogP contribution in [-0.2, 0) is 19.2 Å². The number of carbonyl (C=O) groups is 2. The molecular weight excluding hydrogens is 138 g/mol. The Morgan fingerprint density at radius 1 is 1.30 bits per heavy atom. The van der Waals surface area contributed by atoms with E-state index in [0.29, 0.717) is 0 Å². The third-order valence-corrected chi connectivity index (χ3v) is 0.920. The molecule has 0 aliphatic carbocycles. The molecule has 5 heteroatoms. The molecule has 0 rings (SSSR count). The van der Waals surface area contributed by atoms with Crippen LogP contribution in [0.4, 0.5) is 0 Å². The molecule has 0 unspecified atom stereocenters. The number of methoxy groups -OCH3 is 1. The lowest BCUT2D eigenvalue weighted by Crippen LogP contribution is -2.33. The van der Waals surface area contributed by atoms with Gasteiger partial charge in [-0.05, 0) is 0 Å². The van der Waals surface area contributed by atoms with Crippen LogP contribution in [0.3, 0.4) is 0 Å². The highest BCUT2D eigenvalue weighted by molar-refractivity contribution is 6.31. The summed E-state index contributed by atoms with van der Waals surface area (Å²) in [6, 6.07) is 0. The molecule has 5 nitrogen and oxygen atoms in total. The van der Waals surface area contributed by atoms with E-state index in [9.17, 15) is 9.59 Å². The summed E-state index contributed by atoms with van der Waals surface area (Å²) in [5.74, 6) is -1.77. The topological polar surface area (TPSA) is 55.8 Å². The van der Waals surface area contributed by atoms with Gasteiger partial charge in [0.15, 0.2) is 0 Å². The van der Waals surface area contributed by atoms with Gasteiger partial charge in [0.1, 0.15) is 0 Å². The zero-order valence-corrected chi connectivity index (χ0v) is 6.08. The Kier molecular flexibility index (Phi) is 3.42. The first kappa shape index (κ1) is 8.90. The summed E-state index contributed by atoms with van der Waals surface area (Å²) in [4.78, 5) is 25.5. The molecule has 0 fully saturated rings. The Balaban J connectivity index is 3.95. The van der Waals surface area contributed by atoms with Gasteiger partial charge in [0.05, 0.1) is 14.2 Å². The summed E-state index contributed by atoms with van der Waals surface area (Å²) in [5, 5.41) is 0.784. The number of likely N-dealkylation sites (N-methyl/N-ethyl adjacent to an activating group) is 1. The van der Waals surface area contributed by atoms with Crippen molar-refractivity contribution in [1.29, 1.82) is 0 Å². The lowest BCUT2D eigenvalue weighted by atomic mass is 10.6. The first-order chi connectivity index (χ1) is 4.63. The van der Waals surface area contributed by atoms with Crippen molar-refractivity contribution in [3.63, 3.8) is 0 Å². The number of carbonyl (C=O) groups excluding carboxylic acids is 2. The number of hydrogen-bond donors (Lipinski definition) is 0. The van der Waals surface area contributed by atoms with E-state index in [2.05, 4.69) is 9.57 Å². The molecule has 0 aliphatic rings. The second kappa shape index (κ2) is 3.84. The summed E-state index contributed by atoms with van der Waals surface area (Å²) in [5.41, 5.74) is 0. The highest BCUT2D eigenvalue weighted by atomic mass is 16.7. The number of amides is 1. The maximum atomic E-state index is 10.6. The second-order valence-corrected chi connectivity index (χ2v) is 1.48. The quantitative estimate of drug-likeness (QED) is 0.276. The number of nitrogens with zero attached hydrogens (tertiary/aromatic N) is 1. The molecule has 0 heterocycles. The molecular formula is C5H9NO4. The van der Waals surface area contributed by atoms with Crippen LogP contribution in [-0.4, -0.2) is 38.2 Å². The third kappa shape index (κ3) is 2.02. The molecule has 0 saturated heterocycles. The third-order valence-electron chi connectivity index (χ3n) is 0.920. The SMILES string of the molecule is COC(=O)C(=O)N(C)OC. The summed E-state index contributed by atoms with van der Waals surface area (Å²) >= 11 is 0. The summed E-state index contributed by atoms with van der Waals surface area (Å²) < 4.78 is 4.12. The fourth-order valence-corrected chi connectivity index (χ4v) is 0.299. The molecule has 1 amide bonds. The van der Waals surface area contributed by atoms with E-state index in [0.717, 1.165) is 12.2 Å². The van der Waals surface area contributed by atoms with Crippen molar-refractivity contribution in [2.24, 2.45) is 0 Å². The standard InChI is InChI=1S/C5H9NO4/c1-6(10-3)4(7)5(8)9-2/h1-3H3. The highest BCUT2D eigenvalue weighted by Gasteiger charge is 2.18. The molecule has 0 aromatic rings. The average molecular weight is 147 g/mol. The van der Waals surface area contributed by atoms with Gasteiger partial charge < -0.3 is 4.74 Å². The van der Waals surface area contributed by atoms with E-state index in [4.69, 9.17) is 0 Å². The zero-order chi connectivity index (χ0) is 8.15. The van der Waals surface area contributed by atoms with Crippen LogP contribution in [0.25, 0.3) is 0 Å². The van der Waals surface area contributed by atoms with E-state index in [1.807, 2.05) is 0 Å². The predicted molar refractivity (Wildman–Crippen MR) is 31.8 cm³/mol. The molecule has 0 N–H and O–H groups in total. The van der Waals surface area contributed by atoms with Crippen molar-refractivity contribution in [3.8, 4) is 0 Å². The second-order valence-electron chi connectivity index (χ2n) is 1.48. The molecule has 0 radical (unpaired) electrons. The molecule has 0 bridgehead atoms. The number of hydroxylamine groups is 2. The fourth-order valence-electron chi connectivity index (χ4n) is 0.299. The van der Waals surface area contributed by atoms with Crippen LogP contribution in [0.15, 0.2) is 0 Å². The van der Waals surface area contributed by atoms with Gasteiger partial charge in [0, 0.05) is 7.05 Å². The number of hydrogen-bond acceptors (Lipinski definition) is 4. The van der Waals surface area contributed by atoms with Crippen molar-refractivity contribution in [2.45, 2.75) is 0 Å². The van der Waals surface area contributed by atoms with Crippen LogP contribution >= 0.6 is 0 Å². The number of rotatable bonds is 1. The monoisotopic (exact) mass is 147 g/mol. The van der Waals surface area contributed by atoms with Gasteiger partial charge in [-0.25, -0.2) is 9.86 Å². The van der Waals surface area contributed by atoms with E-state index >= 15 is 0 Å². The van der Waals surface area contributed by atoms with Crippen LogP contribution in [0, 0.1) is 0 Å². The van der Waals surface area contributed by atoms with Gasteiger partial charge in [0.25, 0.3) is 0 Å². The first-order valence-electron chi connectivity index (χ1n) is 2.53. The van der Waals surface area contributed by atoms with E-state index in [-0.39, 0.29) is 0 Å². The lowest BCUT2D eigenvalue weighted by Gasteiger charge is -2.10. The molecule has 0 aromatic heterocycles. The van der Waals surface area contributed by atoms with Crippen LogP contribution < -0.4 is 0 Å². The van der Waals surface area contributed by atoms with Crippen LogP contribution in [0.1, 0.15) is 0 Å². The van der Waals surface area contributed by atoms with Crippen molar-refractivity contribution in [2.75, 3.05) is 21.3 Å². The Hall–Kier alpha value is -1.10. The van der Waals surface area contributed by atoms with Gasteiger partial charge in [-0.2, -0.15) is 0 Å². The van der Waals surface area contributed by atoms with Crippen molar-refractivity contribution in [1.82, 2.24) is 5.06 Å². The molecule has 0 aliphatic heterocycles. The molecule has 0 saturated carbocycles. The highest BCUT2D eigenvalue weighted by Crippen LogP contribution is 1.85. The summed E-state index contributed by atoms with van der Waals surface area (Å²) in [6.07, 6.45) is 0. The maximum Gasteiger partial charge on any atom is 0.398 e. The molecule has 0 aromatic carbocycles. The Labute approximate surface area is 58.5 Å². The smallest absolute Gasteiger partial charge is 0.398 e. The minimum absolute atomic E-state index is 0.784. The minimum Gasteiger partial charge on any atom is -0.462 e. The Morgan fingerprint density at radius 2 is 1.80 bits per heavy atom. The molecule has 0 spiro atoms. The van der Waals surface area contributed by atoms with Gasteiger partial charge in [-0.1, -0.05) is 0 Å². The van der Waals surface area contributed by atoms with Crippen molar-refractivity contribution in [3.05, 3.63) is 0 Å². The van der Waals surface area contributed by atoms with Gasteiger partial charge in [-0.15, -0.1) is 0 Å². The van der Waals surface area contributed by atoms with Gasteiger partial charge in [-0.3, -0.25) is 9.63 Å². The van der Waals surface area contributed by atoms with Crippen molar-refractivity contribution < 1.29 is 19.2 Å². The zero-order valence-electron chi connectivity index (χ0n) is 6.08. The average Bonchev–Trinajstić information content (AvgIpc) is 2.00. The Morgan fingerprint density at radius 3 is 2.10 bits per heavy atom. The summed E-state index contributed by atoms with van der Waals surface area (Å²) in [6.45, 7) is 0. The van der Waals surface area contributed by atoms with Gasteiger partial charge in [0.2, 0.25) is 0 Å². The Bertz CT molecular complexity index is 145. The summed E-state index contributed by atoms with van der Waals surface area (Å²) in [7, 11) is 3.73. The normalized spacial score (nSPS) is 8.70. The molecule has 10 heavy (non-hydrogen) atoms. The lowest BCUT2D eigenvalue weighted by molar-refractivity contribution is -0.181. The molecule has 0 atom stereocenters. The first-order valence-corrected chi connectivity index (χ1v) is 2.53. The van der Waals surface area contributed by atoms with Crippen molar-refractivity contribution >= 4 is 11.9 Å². The van der Waals surface area contributed by atoms with Crippen LogP contribution in [0.2, 0.25) is 0 Å². The fraction of sp³-hybridized carbons (Fsp3) is 0.600. The maximum absolute atomic E-state index is 10.6. The van der Waals surface area contributed by atoms with E-state index < -0.39 is 11.9 Å². The van der Waals surface area contributed by atoms with E-state index in [1.165, 1.54) is 14.2 Å². The number of ether oxygens (including phenoxy) is 1. The van der Waals surface area contributed by atoms with Crippen LogP contribution in [0.5, 0.6) is 0 Å². The molecule has 58 valence electrons. The van der Waals surface area contributed by atoms with E-state index in [1.54, 1.807) is 0 Å². The predicted octanol–water partition coefficient (Wildman–Crippen LogP) is -0.821. The minimum atomic E-state index is -0.940. The largest absolute Gasteiger partial charge is 0.462 e. The van der Waals surface area contributed by atoms with Gasteiger partial charge >= 0.3 is 11.9 Å².